The molecule has 1 fully saturated rings. The van der Waals surface area contributed by atoms with E-state index in [0.29, 0.717) is 24.8 Å². The van der Waals surface area contributed by atoms with E-state index >= 15 is 0 Å². The summed E-state index contributed by atoms with van der Waals surface area (Å²) in [5.41, 5.74) is 7.89. The van der Waals surface area contributed by atoms with E-state index < -0.39 is 5.97 Å². The van der Waals surface area contributed by atoms with Gasteiger partial charge in [-0.2, -0.15) is 5.90 Å². The van der Waals surface area contributed by atoms with Crippen LogP contribution in [0.15, 0.2) is 24.3 Å². The first-order chi connectivity index (χ1) is 11.1. The minimum absolute atomic E-state index is 0.0160. The second-order valence-electron chi connectivity index (χ2n) is 6.08. The van der Waals surface area contributed by atoms with Crippen LogP contribution in [-0.2, 0) is 14.4 Å². The third-order valence-electron chi connectivity index (χ3n) is 4.13. The van der Waals surface area contributed by atoms with Crippen molar-refractivity contribution in [1.82, 2.24) is 0 Å². The van der Waals surface area contributed by atoms with Crippen molar-refractivity contribution in [2.75, 3.05) is 5.32 Å². The number of carbonyl (C=O) groups is 2. The summed E-state index contributed by atoms with van der Waals surface area (Å²) in [6.45, 7) is 0. The monoisotopic (exact) mass is 319 g/mol. The Balaban J connectivity index is 1.58. The van der Waals surface area contributed by atoms with Crippen LogP contribution in [0.2, 0.25) is 0 Å². The molecule has 1 amide bonds. The molecule has 0 spiro atoms. The largest absolute Gasteiger partial charge is 0.373 e. The molecular formula is C17H25N3O3. The molecule has 1 aromatic carbocycles. The number of unbranched alkanes of at least 4 members (excludes halogenated alkanes) is 3. The van der Waals surface area contributed by atoms with Gasteiger partial charge in [-0.05, 0) is 37.0 Å². The maximum Gasteiger partial charge on any atom is 0.324 e. The van der Waals surface area contributed by atoms with E-state index in [4.69, 9.17) is 11.6 Å². The van der Waals surface area contributed by atoms with Gasteiger partial charge in [-0.15, -0.1) is 0 Å². The minimum Gasteiger partial charge on any atom is -0.373 e. The smallest absolute Gasteiger partial charge is 0.324 e. The number of anilines is 1. The summed E-state index contributed by atoms with van der Waals surface area (Å²) in [7, 11) is 0. The lowest BCUT2D eigenvalue weighted by Gasteiger charge is -2.06. The highest BCUT2D eigenvalue weighted by atomic mass is 16.7. The van der Waals surface area contributed by atoms with Gasteiger partial charge in [0.05, 0.1) is 0 Å². The predicted molar refractivity (Wildman–Crippen MR) is 88.4 cm³/mol. The third kappa shape index (κ3) is 6.00. The molecule has 0 bridgehead atoms. The van der Waals surface area contributed by atoms with Gasteiger partial charge in [0.2, 0.25) is 5.91 Å². The maximum atomic E-state index is 11.9. The van der Waals surface area contributed by atoms with Gasteiger partial charge in [0.15, 0.2) is 0 Å². The van der Waals surface area contributed by atoms with Gasteiger partial charge in [0.25, 0.3) is 0 Å². The SMILES string of the molecule is NOC(=O)CCCCCCC(=O)Nc1ccc(C2CC2N)cc1. The van der Waals surface area contributed by atoms with Crippen LogP contribution in [0.5, 0.6) is 0 Å². The Morgan fingerprint density at radius 3 is 2.26 bits per heavy atom. The summed E-state index contributed by atoms with van der Waals surface area (Å²) in [6, 6.07) is 8.21. The van der Waals surface area contributed by atoms with Gasteiger partial charge in [0, 0.05) is 30.5 Å². The molecular weight excluding hydrogens is 294 g/mol. The highest BCUT2D eigenvalue weighted by molar-refractivity contribution is 5.90. The highest BCUT2D eigenvalue weighted by Crippen LogP contribution is 2.39. The summed E-state index contributed by atoms with van der Waals surface area (Å²) >= 11 is 0. The second kappa shape index (κ2) is 8.64. The number of nitrogens with one attached hydrogen (secondary N) is 1. The van der Waals surface area contributed by atoms with Crippen molar-refractivity contribution < 1.29 is 14.4 Å². The molecule has 0 radical (unpaired) electrons. The zero-order valence-corrected chi connectivity index (χ0v) is 13.3. The van der Waals surface area contributed by atoms with Crippen LogP contribution in [0, 0.1) is 0 Å². The third-order valence-corrected chi connectivity index (χ3v) is 4.13. The van der Waals surface area contributed by atoms with Crippen molar-refractivity contribution in [2.24, 2.45) is 11.6 Å². The zero-order chi connectivity index (χ0) is 16.7. The Bertz CT molecular complexity index is 530. The van der Waals surface area contributed by atoms with Gasteiger partial charge in [-0.3, -0.25) is 9.59 Å². The number of carbonyl (C=O) groups excluding carboxylic acids is 2. The summed E-state index contributed by atoms with van der Waals surface area (Å²) in [6.07, 6.45) is 5.20. The number of nitrogens with two attached hydrogens (primary N) is 2. The molecule has 6 nitrogen and oxygen atoms in total. The van der Waals surface area contributed by atoms with E-state index in [1.807, 2.05) is 24.3 Å². The number of hydrogen-bond acceptors (Lipinski definition) is 5. The molecule has 1 aromatic rings. The second-order valence-corrected chi connectivity index (χ2v) is 6.08. The Labute approximate surface area is 136 Å². The summed E-state index contributed by atoms with van der Waals surface area (Å²) in [4.78, 5) is 26.8. The van der Waals surface area contributed by atoms with Gasteiger partial charge in [0.1, 0.15) is 0 Å². The zero-order valence-electron chi connectivity index (χ0n) is 13.3. The fraction of sp³-hybridized carbons (Fsp3) is 0.529. The van der Waals surface area contributed by atoms with E-state index in [2.05, 4.69) is 10.2 Å². The highest BCUT2D eigenvalue weighted by Gasteiger charge is 2.34. The van der Waals surface area contributed by atoms with Gasteiger partial charge >= 0.3 is 5.97 Å². The van der Waals surface area contributed by atoms with Crippen LogP contribution >= 0.6 is 0 Å². The quantitative estimate of drug-likeness (QED) is 0.478. The average molecular weight is 319 g/mol. The Morgan fingerprint density at radius 2 is 1.70 bits per heavy atom. The van der Waals surface area contributed by atoms with Crippen LogP contribution in [0.4, 0.5) is 5.69 Å². The molecule has 1 saturated carbocycles. The first kappa shape index (κ1) is 17.4. The lowest BCUT2D eigenvalue weighted by molar-refractivity contribution is -0.144. The van der Waals surface area contributed by atoms with Crippen LogP contribution in [0.1, 0.15) is 56.4 Å². The van der Waals surface area contributed by atoms with Crippen LogP contribution in [0.25, 0.3) is 0 Å². The van der Waals surface area contributed by atoms with Crippen molar-refractivity contribution in [3.05, 3.63) is 29.8 Å². The van der Waals surface area contributed by atoms with Gasteiger partial charge in [-0.25, -0.2) is 0 Å². The number of rotatable bonds is 9. The molecule has 5 N–H and O–H groups in total. The van der Waals surface area contributed by atoms with Gasteiger partial charge in [-0.1, -0.05) is 25.0 Å². The van der Waals surface area contributed by atoms with Crippen molar-refractivity contribution in [2.45, 2.75) is 56.9 Å². The number of amides is 1. The van der Waals surface area contributed by atoms with Crippen LogP contribution in [-0.4, -0.2) is 17.9 Å². The number of benzene rings is 1. The molecule has 6 heteroatoms. The molecule has 0 aromatic heterocycles. The van der Waals surface area contributed by atoms with Crippen molar-refractivity contribution in [3.8, 4) is 0 Å². The van der Waals surface area contributed by atoms with Crippen molar-refractivity contribution >= 4 is 17.6 Å². The molecule has 0 saturated heterocycles. The summed E-state index contributed by atoms with van der Waals surface area (Å²) in [5.74, 6) is 4.86. The molecule has 23 heavy (non-hydrogen) atoms. The fourth-order valence-corrected chi connectivity index (χ4v) is 2.60. The summed E-state index contributed by atoms with van der Waals surface area (Å²) < 4.78 is 0. The van der Waals surface area contributed by atoms with E-state index in [-0.39, 0.29) is 5.91 Å². The summed E-state index contributed by atoms with van der Waals surface area (Å²) in [5, 5.41) is 2.90. The minimum atomic E-state index is -0.390. The average Bonchev–Trinajstić information content (AvgIpc) is 3.28. The topological polar surface area (TPSA) is 107 Å². The van der Waals surface area contributed by atoms with E-state index in [1.54, 1.807) is 0 Å². The normalized spacial score (nSPS) is 19.2. The van der Waals surface area contributed by atoms with E-state index in [1.165, 1.54) is 5.56 Å². The lowest BCUT2D eigenvalue weighted by Crippen LogP contribution is -2.11. The Hall–Kier alpha value is -1.92. The lowest BCUT2D eigenvalue weighted by atomic mass is 10.1. The molecule has 0 aliphatic heterocycles. The Kier molecular flexibility index (Phi) is 6.55. The molecule has 2 rings (SSSR count). The van der Waals surface area contributed by atoms with Crippen molar-refractivity contribution in [3.63, 3.8) is 0 Å². The standard InChI is InChI=1S/C17H25N3O3/c18-15-11-14(15)12-7-9-13(10-8-12)20-16(21)5-3-1-2-4-6-17(22)23-19/h7-10,14-15H,1-6,11,18-19H2,(H,20,21). The molecule has 2 unspecified atom stereocenters. The molecule has 1 aliphatic carbocycles. The number of hydrogen-bond donors (Lipinski definition) is 3. The first-order valence-corrected chi connectivity index (χ1v) is 8.15. The van der Waals surface area contributed by atoms with Crippen molar-refractivity contribution in [1.29, 1.82) is 0 Å². The van der Waals surface area contributed by atoms with Crippen LogP contribution in [0.3, 0.4) is 0 Å². The predicted octanol–water partition coefficient (Wildman–Crippen LogP) is 2.20. The molecule has 0 heterocycles. The molecule has 126 valence electrons. The van der Waals surface area contributed by atoms with E-state index in [0.717, 1.165) is 37.8 Å². The molecule has 2 atom stereocenters. The Morgan fingerprint density at radius 1 is 1.09 bits per heavy atom. The first-order valence-electron chi connectivity index (χ1n) is 8.15. The fourth-order valence-electron chi connectivity index (χ4n) is 2.60. The maximum absolute atomic E-state index is 11.9. The van der Waals surface area contributed by atoms with E-state index in [9.17, 15) is 9.59 Å². The van der Waals surface area contributed by atoms with Gasteiger partial charge < -0.3 is 15.9 Å². The van der Waals surface area contributed by atoms with Crippen LogP contribution < -0.4 is 16.9 Å². The molecule has 1 aliphatic rings.